The van der Waals surface area contributed by atoms with E-state index in [4.69, 9.17) is 9.47 Å². The molecule has 1 amide bonds. The number of anilines is 1. The Morgan fingerprint density at radius 1 is 1.14 bits per heavy atom. The molecule has 2 aromatic carbocycles. The zero-order chi connectivity index (χ0) is 15.2. The van der Waals surface area contributed by atoms with Crippen LogP contribution < -0.4 is 14.8 Å². The van der Waals surface area contributed by atoms with Crippen molar-refractivity contribution in [2.75, 3.05) is 12.4 Å². The van der Waals surface area contributed by atoms with Crippen molar-refractivity contribution in [3.8, 4) is 11.5 Å². The van der Waals surface area contributed by atoms with Gasteiger partial charge in [0.15, 0.2) is 6.10 Å². The monoisotopic (exact) mass is 349 g/mol. The highest BCUT2D eigenvalue weighted by Gasteiger charge is 2.15. The van der Waals surface area contributed by atoms with Gasteiger partial charge < -0.3 is 14.8 Å². The molecular formula is C16H16BrNO3. The zero-order valence-corrected chi connectivity index (χ0v) is 13.4. The Morgan fingerprint density at radius 2 is 1.86 bits per heavy atom. The van der Waals surface area contributed by atoms with Crippen LogP contribution in [-0.4, -0.2) is 19.1 Å². The van der Waals surface area contributed by atoms with Crippen LogP contribution in [0.2, 0.25) is 0 Å². The lowest BCUT2D eigenvalue weighted by Gasteiger charge is -2.15. The summed E-state index contributed by atoms with van der Waals surface area (Å²) in [6, 6.07) is 14.5. The largest absolute Gasteiger partial charge is 0.497 e. The zero-order valence-electron chi connectivity index (χ0n) is 11.8. The number of ether oxygens (including phenoxy) is 2. The highest BCUT2D eigenvalue weighted by atomic mass is 79.9. The van der Waals surface area contributed by atoms with Crippen LogP contribution in [0.15, 0.2) is 53.0 Å². The molecule has 0 aliphatic rings. The molecule has 5 heteroatoms. The van der Waals surface area contributed by atoms with Crippen LogP contribution in [0.25, 0.3) is 0 Å². The van der Waals surface area contributed by atoms with Crippen molar-refractivity contribution in [1.82, 2.24) is 0 Å². The lowest BCUT2D eigenvalue weighted by molar-refractivity contribution is -0.122. The van der Waals surface area contributed by atoms with Gasteiger partial charge >= 0.3 is 0 Å². The van der Waals surface area contributed by atoms with E-state index in [1.807, 2.05) is 24.3 Å². The van der Waals surface area contributed by atoms with Crippen molar-refractivity contribution in [3.05, 3.63) is 53.0 Å². The maximum atomic E-state index is 12.1. The minimum atomic E-state index is -0.596. The van der Waals surface area contributed by atoms with Gasteiger partial charge in [0.05, 0.1) is 7.11 Å². The molecule has 4 nitrogen and oxygen atoms in total. The number of carbonyl (C=O) groups is 1. The second-order valence-corrected chi connectivity index (χ2v) is 5.35. The molecule has 0 aromatic heterocycles. The van der Waals surface area contributed by atoms with Gasteiger partial charge in [0.1, 0.15) is 11.5 Å². The molecule has 0 spiro atoms. The molecular weight excluding hydrogens is 334 g/mol. The van der Waals surface area contributed by atoms with Crippen LogP contribution in [0.5, 0.6) is 11.5 Å². The summed E-state index contributed by atoms with van der Waals surface area (Å²) in [4.78, 5) is 12.1. The summed E-state index contributed by atoms with van der Waals surface area (Å²) >= 11 is 3.36. The van der Waals surface area contributed by atoms with Crippen LogP contribution in [0.4, 0.5) is 5.69 Å². The highest BCUT2D eigenvalue weighted by molar-refractivity contribution is 9.10. The second kappa shape index (κ2) is 7.13. The van der Waals surface area contributed by atoms with Crippen molar-refractivity contribution in [1.29, 1.82) is 0 Å². The van der Waals surface area contributed by atoms with Gasteiger partial charge in [-0.25, -0.2) is 0 Å². The molecule has 0 heterocycles. The van der Waals surface area contributed by atoms with Gasteiger partial charge in [-0.05, 0) is 49.4 Å². The molecule has 0 saturated carbocycles. The Balaban J connectivity index is 1.95. The van der Waals surface area contributed by atoms with Crippen LogP contribution in [0.1, 0.15) is 6.92 Å². The summed E-state index contributed by atoms with van der Waals surface area (Å²) in [5.41, 5.74) is 0.700. The van der Waals surface area contributed by atoms with Crippen LogP contribution >= 0.6 is 15.9 Å². The second-order valence-electron chi connectivity index (χ2n) is 4.44. The Hall–Kier alpha value is -2.01. The average molecular weight is 350 g/mol. The third-order valence-electron chi connectivity index (χ3n) is 2.84. The smallest absolute Gasteiger partial charge is 0.265 e. The lowest BCUT2D eigenvalue weighted by Crippen LogP contribution is -2.30. The van der Waals surface area contributed by atoms with Crippen LogP contribution in [-0.2, 0) is 4.79 Å². The topological polar surface area (TPSA) is 47.6 Å². The van der Waals surface area contributed by atoms with E-state index in [1.54, 1.807) is 38.3 Å². The summed E-state index contributed by atoms with van der Waals surface area (Å²) in [5.74, 6) is 1.17. The number of halogens is 1. The molecule has 1 atom stereocenters. The number of methoxy groups -OCH3 is 1. The molecule has 21 heavy (non-hydrogen) atoms. The molecule has 110 valence electrons. The Labute approximate surface area is 132 Å². The highest BCUT2D eigenvalue weighted by Crippen LogP contribution is 2.20. The fourth-order valence-corrected chi connectivity index (χ4v) is 2.09. The molecule has 0 fully saturated rings. The van der Waals surface area contributed by atoms with E-state index in [9.17, 15) is 4.79 Å². The van der Waals surface area contributed by atoms with Gasteiger partial charge in [0.2, 0.25) is 0 Å². The fourth-order valence-electron chi connectivity index (χ4n) is 1.72. The summed E-state index contributed by atoms with van der Waals surface area (Å²) in [7, 11) is 1.60. The molecule has 2 aromatic rings. The first-order valence-corrected chi connectivity index (χ1v) is 7.25. The summed E-state index contributed by atoms with van der Waals surface area (Å²) in [6.45, 7) is 1.71. The number of nitrogens with one attached hydrogen (secondary N) is 1. The van der Waals surface area contributed by atoms with Gasteiger partial charge in [-0.1, -0.05) is 22.0 Å². The maximum absolute atomic E-state index is 12.1. The van der Waals surface area contributed by atoms with Crippen molar-refractivity contribution < 1.29 is 14.3 Å². The number of hydrogen-bond acceptors (Lipinski definition) is 3. The average Bonchev–Trinajstić information content (AvgIpc) is 2.48. The van der Waals surface area contributed by atoms with E-state index in [-0.39, 0.29) is 5.91 Å². The number of amides is 1. The van der Waals surface area contributed by atoms with E-state index in [2.05, 4.69) is 21.2 Å². The molecule has 0 saturated heterocycles. The molecule has 1 unspecified atom stereocenters. The van der Waals surface area contributed by atoms with Gasteiger partial charge in [-0.15, -0.1) is 0 Å². The first-order chi connectivity index (χ1) is 10.1. The van der Waals surface area contributed by atoms with E-state index in [0.29, 0.717) is 11.4 Å². The minimum Gasteiger partial charge on any atom is -0.497 e. The van der Waals surface area contributed by atoms with E-state index >= 15 is 0 Å². The van der Waals surface area contributed by atoms with Crippen molar-refractivity contribution in [3.63, 3.8) is 0 Å². The standard InChI is InChI=1S/C16H16BrNO3/c1-11(21-15-5-3-4-12(17)10-15)16(19)18-13-6-8-14(20-2)9-7-13/h3-11H,1-2H3,(H,18,19). The minimum absolute atomic E-state index is 0.208. The van der Waals surface area contributed by atoms with E-state index < -0.39 is 6.10 Å². The van der Waals surface area contributed by atoms with Gasteiger partial charge in [0, 0.05) is 10.2 Å². The van der Waals surface area contributed by atoms with Gasteiger partial charge in [-0.3, -0.25) is 4.79 Å². The predicted octanol–water partition coefficient (Wildman–Crippen LogP) is 3.86. The Bertz CT molecular complexity index is 613. The Morgan fingerprint density at radius 3 is 2.48 bits per heavy atom. The summed E-state index contributed by atoms with van der Waals surface area (Å²) < 4.78 is 11.6. The summed E-state index contributed by atoms with van der Waals surface area (Å²) in [6.07, 6.45) is -0.596. The fraction of sp³-hybridized carbons (Fsp3) is 0.188. The molecule has 0 bridgehead atoms. The van der Waals surface area contributed by atoms with E-state index in [1.165, 1.54) is 0 Å². The van der Waals surface area contributed by atoms with Crippen molar-refractivity contribution in [2.24, 2.45) is 0 Å². The third-order valence-corrected chi connectivity index (χ3v) is 3.33. The first-order valence-electron chi connectivity index (χ1n) is 6.45. The predicted molar refractivity (Wildman–Crippen MR) is 85.9 cm³/mol. The SMILES string of the molecule is COc1ccc(NC(=O)C(C)Oc2cccc(Br)c2)cc1. The van der Waals surface area contributed by atoms with Crippen LogP contribution in [0, 0.1) is 0 Å². The normalized spacial score (nSPS) is 11.6. The molecule has 2 rings (SSSR count). The quantitative estimate of drug-likeness (QED) is 0.891. The maximum Gasteiger partial charge on any atom is 0.265 e. The van der Waals surface area contributed by atoms with Gasteiger partial charge in [0.25, 0.3) is 5.91 Å². The third kappa shape index (κ3) is 4.49. The molecule has 0 aliphatic carbocycles. The van der Waals surface area contributed by atoms with Gasteiger partial charge in [-0.2, -0.15) is 0 Å². The van der Waals surface area contributed by atoms with Crippen LogP contribution in [0.3, 0.4) is 0 Å². The number of benzene rings is 2. The van der Waals surface area contributed by atoms with E-state index in [0.717, 1.165) is 10.2 Å². The number of rotatable bonds is 5. The summed E-state index contributed by atoms with van der Waals surface area (Å²) in [5, 5.41) is 2.80. The van der Waals surface area contributed by atoms with Crippen molar-refractivity contribution >= 4 is 27.5 Å². The molecule has 0 aliphatic heterocycles. The number of carbonyl (C=O) groups excluding carboxylic acids is 1. The Kier molecular flexibility index (Phi) is 5.22. The number of hydrogen-bond donors (Lipinski definition) is 1. The first kappa shape index (κ1) is 15.4. The molecule has 1 N–H and O–H groups in total. The lowest BCUT2D eigenvalue weighted by atomic mass is 10.2. The molecule has 0 radical (unpaired) electrons. The van der Waals surface area contributed by atoms with Crippen molar-refractivity contribution in [2.45, 2.75) is 13.0 Å².